The van der Waals surface area contributed by atoms with Crippen molar-refractivity contribution in [1.82, 2.24) is 24.6 Å². The third kappa shape index (κ3) is 3.51. The van der Waals surface area contributed by atoms with E-state index in [-0.39, 0.29) is 11.5 Å². The predicted octanol–water partition coefficient (Wildman–Crippen LogP) is 1.31. The maximum atomic E-state index is 12.7. The van der Waals surface area contributed by atoms with Crippen LogP contribution in [0.3, 0.4) is 0 Å². The van der Waals surface area contributed by atoms with Gasteiger partial charge in [0.15, 0.2) is 0 Å². The summed E-state index contributed by atoms with van der Waals surface area (Å²) in [4.78, 5) is 32.8. The quantitative estimate of drug-likeness (QED) is 0.693. The van der Waals surface area contributed by atoms with E-state index in [0.29, 0.717) is 19.6 Å². The van der Waals surface area contributed by atoms with Gasteiger partial charge in [-0.05, 0) is 24.3 Å². The van der Waals surface area contributed by atoms with Gasteiger partial charge in [-0.3, -0.25) is 14.5 Å². The molecule has 1 saturated heterocycles. The average Bonchev–Trinajstić information content (AvgIpc) is 3.15. The van der Waals surface area contributed by atoms with Crippen LogP contribution in [-0.2, 0) is 6.54 Å². The summed E-state index contributed by atoms with van der Waals surface area (Å²) >= 11 is 1.55. The molecule has 0 atom stereocenters. The fourth-order valence-corrected chi connectivity index (χ4v) is 3.85. The second kappa shape index (κ2) is 7.35. The van der Waals surface area contributed by atoms with Crippen molar-refractivity contribution in [1.29, 1.82) is 0 Å². The fourth-order valence-electron chi connectivity index (χ4n) is 3.14. The largest absolute Gasteiger partial charge is 0.336 e. The number of nitrogens with zero attached hydrogens (tertiary/aromatic N) is 5. The zero-order chi connectivity index (χ0) is 17.9. The van der Waals surface area contributed by atoms with Crippen molar-refractivity contribution in [3.8, 4) is 0 Å². The summed E-state index contributed by atoms with van der Waals surface area (Å²) in [6, 6.07) is 8.84. The molecule has 1 amide bonds. The number of hydrogen-bond donors (Lipinski definition) is 0. The highest BCUT2D eigenvalue weighted by Gasteiger charge is 2.22. The molecular weight excluding hydrogens is 350 g/mol. The molecule has 7 nitrogen and oxygen atoms in total. The van der Waals surface area contributed by atoms with E-state index in [4.69, 9.17) is 0 Å². The van der Waals surface area contributed by atoms with E-state index in [9.17, 15) is 9.59 Å². The number of fused-ring (bicyclic) bond motifs is 1. The van der Waals surface area contributed by atoms with E-state index in [2.05, 4.69) is 15.0 Å². The molecule has 0 aliphatic carbocycles. The first-order chi connectivity index (χ1) is 12.7. The summed E-state index contributed by atoms with van der Waals surface area (Å²) in [7, 11) is 0. The molecule has 1 aliphatic rings. The summed E-state index contributed by atoms with van der Waals surface area (Å²) in [5, 5.41) is 4.07. The van der Waals surface area contributed by atoms with Crippen LogP contribution in [0.2, 0.25) is 0 Å². The molecule has 0 bridgehead atoms. The van der Waals surface area contributed by atoms with Gasteiger partial charge >= 0.3 is 0 Å². The van der Waals surface area contributed by atoms with Gasteiger partial charge in [0.1, 0.15) is 0 Å². The van der Waals surface area contributed by atoms with Crippen molar-refractivity contribution in [2.45, 2.75) is 6.54 Å². The van der Waals surface area contributed by atoms with Crippen LogP contribution >= 0.6 is 11.3 Å². The topological polar surface area (TPSA) is 71.3 Å². The minimum Gasteiger partial charge on any atom is -0.336 e. The SMILES string of the molecule is O=C(c1ccc2ncsc2c1)N1CCN(CCn2ncccc2=O)CC1. The summed E-state index contributed by atoms with van der Waals surface area (Å²) in [6.07, 6.45) is 1.62. The molecule has 0 radical (unpaired) electrons. The van der Waals surface area contributed by atoms with E-state index in [1.165, 1.54) is 10.7 Å². The number of rotatable bonds is 4. The van der Waals surface area contributed by atoms with Crippen LogP contribution in [0.4, 0.5) is 0 Å². The highest BCUT2D eigenvalue weighted by atomic mass is 32.1. The van der Waals surface area contributed by atoms with Crippen LogP contribution in [0.25, 0.3) is 10.2 Å². The first-order valence-corrected chi connectivity index (χ1v) is 9.46. The Kier molecular flexibility index (Phi) is 4.77. The Morgan fingerprint density at radius 3 is 2.77 bits per heavy atom. The average molecular weight is 369 g/mol. The molecule has 1 aliphatic heterocycles. The minimum absolute atomic E-state index is 0.0703. The summed E-state index contributed by atoms with van der Waals surface area (Å²) in [5.74, 6) is 0.0703. The van der Waals surface area contributed by atoms with Crippen LogP contribution < -0.4 is 5.56 Å². The lowest BCUT2D eigenvalue weighted by atomic mass is 10.1. The Hall–Kier alpha value is -2.58. The normalized spacial score (nSPS) is 15.5. The van der Waals surface area contributed by atoms with E-state index >= 15 is 0 Å². The molecule has 1 aromatic carbocycles. The lowest BCUT2D eigenvalue weighted by molar-refractivity contribution is 0.0631. The third-order valence-corrected chi connectivity index (χ3v) is 5.44. The number of amides is 1. The van der Waals surface area contributed by atoms with E-state index in [0.717, 1.165) is 35.4 Å². The van der Waals surface area contributed by atoms with Crippen molar-refractivity contribution in [2.75, 3.05) is 32.7 Å². The van der Waals surface area contributed by atoms with E-state index in [1.54, 1.807) is 29.1 Å². The number of piperazine rings is 1. The molecule has 3 heterocycles. The molecule has 0 N–H and O–H groups in total. The van der Waals surface area contributed by atoms with Crippen molar-refractivity contribution < 1.29 is 4.79 Å². The number of hydrogen-bond acceptors (Lipinski definition) is 6. The van der Waals surface area contributed by atoms with Crippen molar-refractivity contribution in [3.05, 3.63) is 58.0 Å². The predicted molar refractivity (Wildman–Crippen MR) is 100 cm³/mol. The van der Waals surface area contributed by atoms with E-state index in [1.807, 2.05) is 23.1 Å². The van der Waals surface area contributed by atoms with Crippen molar-refractivity contribution in [3.63, 3.8) is 0 Å². The van der Waals surface area contributed by atoms with Crippen LogP contribution in [0, 0.1) is 0 Å². The molecule has 26 heavy (non-hydrogen) atoms. The molecule has 1 fully saturated rings. The molecule has 0 saturated carbocycles. The standard InChI is InChI=1S/C18H19N5O2S/c24-17-2-1-5-20-23(17)11-8-21-6-9-22(10-7-21)18(25)14-3-4-15-16(12-14)26-13-19-15/h1-5,12-13H,6-11H2. The summed E-state index contributed by atoms with van der Waals surface area (Å²) in [6.45, 7) is 4.31. The summed E-state index contributed by atoms with van der Waals surface area (Å²) in [5.41, 5.74) is 3.36. The Labute approximate surface area is 154 Å². The lowest BCUT2D eigenvalue weighted by Gasteiger charge is -2.34. The maximum Gasteiger partial charge on any atom is 0.266 e. The van der Waals surface area contributed by atoms with Crippen LogP contribution in [0.5, 0.6) is 0 Å². The number of benzene rings is 1. The summed E-state index contributed by atoms with van der Waals surface area (Å²) < 4.78 is 2.51. The van der Waals surface area contributed by atoms with Gasteiger partial charge in [-0.25, -0.2) is 9.67 Å². The monoisotopic (exact) mass is 369 g/mol. The van der Waals surface area contributed by atoms with Crippen molar-refractivity contribution in [2.24, 2.45) is 0 Å². The zero-order valence-corrected chi connectivity index (χ0v) is 15.1. The molecule has 0 spiro atoms. The number of carbonyl (C=O) groups excluding carboxylic acids is 1. The Bertz CT molecular complexity index is 975. The van der Waals surface area contributed by atoms with Crippen LogP contribution in [0.15, 0.2) is 46.8 Å². The van der Waals surface area contributed by atoms with Gasteiger partial charge in [0.25, 0.3) is 11.5 Å². The van der Waals surface area contributed by atoms with Crippen molar-refractivity contribution >= 4 is 27.5 Å². The number of aromatic nitrogens is 3. The first-order valence-electron chi connectivity index (χ1n) is 8.58. The van der Waals surface area contributed by atoms with Crippen LogP contribution in [-0.4, -0.2) is 63.2 Å². The highest BCUT2D eigenvalue weighted by Crippen LogP contribution is 2.20. The molecule has 8 heteroatoms. The second-order valence-corrected chi connectivity index (χ2v) is 7.14. The number of thiazole rings is 1. The highest BCUT2D eigenvalue weighted by molar-refractivity contribution is 7.16. The number of carbonyl (C=O) groups is 1. The van der Waals surface area contributed by atoms with Crippen LogP contribution in [0.1, 0.15) is 10.4 Å². The van der Waals surface area contributed by atoms with Gasteiger partial charge in [0.05, 0.1) is 22.3 Å². The van der Waals surface area contributed by atoms with Gasteiger partial charge in [0.2, 0.25) is 0 Å². The minimum atomic E-state index is -0.0835. The molecular formula is C18H19N5O2S. The smallest absolute Gasteiger partial charge is 0.266 e. The Morgan fingerprint density at radius 1 is 1.12 bits per heavy atom. The fraction of sp³-hybridized carbons (Fsp3) is 0.333. The molecule has 3 aromatic rings. The van der Waals surface area contributed by atoms with Gasteiger partial charge < -0.3 is 4.90 Å². The lowest BCUT2D eigenvalue weighted by Crippen LogP contribution is -2.49. The third-order valence-electron chi connectivity index (χ3n) is 4.65. The molecule has 134 valence electrons. The Morgan fingerprint density at radius 2 is 1.96 bits per heavy atom. The molecule has 4 rings (SSSR count). The zero-order valence-electron chi connectivity index (χ0n) is 14.2. The second-order valence-electron chi connectivity index (χ2n) is 6.25. The van der Waals surface area contributed by atoms with Gasteiger partial charge in [-0.2, -0.15) is 5.10 Å². The maximum absolute atomic E-state index is 12.7. The molecule has 0 unspecified atom stereocenters. The Balaban J connectivity index is 1.33. The van der Waals surface area contributed by atoms with E-state index < -0.39 is 0 Å². The van der Waals surface area contributed by atoms with Gasteiger partial charge in [0, 0.05) is 50.6 Å². The first kappa shape index (κ1) is 16.9. The van der Waals surface area contributed by atoms with Gasteiger partial charge in [-0.15, -0.1) is 11.3 Å². The molecule has 2 aromatic heterocycles. The van der Waals surface area contributed by atoms with Gasteiger partial charge in [-0.1, -0.05) is 0 Å².